The highest BCUT2D eigenvalue weighted by molar-refractivity contribution is 6.34. The smallest absolute Gasteiger partial charge is 0.320 e. The predicted molar refractivity (Wildman–Crippen MR) is 178 cm³/mol. The largest absolute Gasteiger partial charge is 0.464 e. The van der Waals surface area contributed by atoms with Gasteiger partial charge in [0, 0.05) is 33.9 Å². The average Bonchev–Trinajstić information content (AvgIpc) is 3.65. The van der Waals surface area contributed by atoms with Gasteiger partial charge in [-0.3, -0.25) is 9.48 Å². The summed E-state index contributed by atoms with van der Waals surface area (Å²) in [6.45, 7) is 7.35. The van der Waals surface area contributed by atoms with Gasteiger partial charge in [-0.05, 0) is 59.2 Å². The number of rotatable bonds is 9. The van der Waals surface area contributed by atoms with E-state index in [0.29, 0.717) is 46.3 Å². The van der Waals surface area contributed by atoms with Crippen LogP contribution < -0.4 is 4.90 Å². The summed E-state index contributed by atoms with van der Waals surface area (Å²) in [5.41, 5.74) is 4.77. The molecule has 0 amide bonds. The molecule has 0 bridgehead atoms. The molecule has 5 aromatic rings. The number of carbonyl (C=O) groups is 1. The number of alkyl halides is 1. The van der Waals surface area contributed by atoms with E-state index in [0.717, 1.165) is 46.4 Å². The number of anilines is 1. The van der Waals surface area contributed by atoms with Crippen LogP contribution in [0.25, 0.3) is 27.8 Å². The quantitative estimate of drug-likeness (QED) is 0.120. The van der Waals surface area contributed by atoms with E-state index in [1.165, 1.54) is 0 Å². The molecule has 1 saturated heterocycles. The highest BCUT2D eigenvalue weighted by Crippen LogP contribution is 2.34. The maximum atomic E-state index is 11.7. The molecule has 6 rings (SSSR count). The number of esters is 1. The van der Waals surface area contributed by atoms with E-state index in [9.17, 15) is 4.79 Å². The first-order chi connectivity index (χ1) is 21.6. The molecule has 234 valence electrons. The van der Waals surface area contributed by atoms with Gasteiger partial charge in [0.05, 0.1) is 47.9 Å². The number of carbonyl (C=O) groups excluding carboxylic acids is 1. The van der Waals surface area contributed by atoms with Gasteiger partial charge in [0.1, 0.15) is 12.5 Å². The third kappa shape index (κ3) is 6.93. The Morgan fingerprint density at radius 1 is 0.978 bits per heavy atom. The predicted octanol–water partition coefficient (Wildman–Crippen LogP) is 7.19. The number of hydrogen-bond acceptors (Lipinski definition) is 7. The lowest BCUT2D eigenvalue weighted by molar-refractivity contribution is -0.142. The minimum Gasteiger partial charge on any atom is -0.464 e. The molecule has 1 aliphatic rings. The van der Waals surface area contributed by atoms with Gasteiger partial charge in [0.25, 0.3) is 0 Å². The van der Waals surface area contributed by atoms with Crippen LogP contribution in [0.15, 0.2) is 60.8 Å². The highest BCUT2D eigenvalue weighted by atomic mass is 35.5. The fourth-order valence-corrected chi connectivity index (χ4v) is 6.25. The SMILES string of the molecule is CC(C)(COC(=O)CCl)c1cn(-c2nn(Cc3cc(Cl)cc(Cl)c3)c3cc(-c4ccc(N5CCOCC5)c(Cl)c4)ccc23)nn1. The lowest BCUT2D eigenvalue weighted by Crippen LogP contribution is -2.36. The minimum atomic E-state index is -0.601. The van der Waals surface area contributed by atoms with Crippen LogP contribution in [0.5, 0.6) is 0 Å². The zero-order valence-corrected chi connectivity index (χ0v) is 27.7. The third-order valence-corrected chi connectivity index (χ3v) is 8.68. The van der Waals surface area contributed by atoms with Crippen molar-refractivity contribution >= 4 is 69.0 Å². The molecule has 0 N–H and O–H groups in total. The van der Waals surface area contributed by atoms with Crippen molar-refractivity contribution < 1.29 is 14.3 Å². The van der Waals surface area contributed by atoms with Gasteiger partial charge < -0.3 is 14.4 Å². The Hall–Kier alpha value is -3.34. The van der Waals surface area contributed by atoms with Crippen LogP contribution in [0, 0.1) is 0 Å². The van der Waals surface area contributed by atoms with Gasteiger partial charge in [0.2, 0.25) is 0 Å². The summed E-state index contributed by atoms with van der Waals surface area (Å²) in [6, 6.07) is 17.7. The number of halogens is 4. The lowest BCUT2D eigenvalue weighted by Gasteiger charge is -2.29. The molecule has 3 heterocycles. The van der Waals surface area contributed by atoms with E-state index < -0.39 is 11.4 Å². The maximum Gasteiger partial charge on any atom is 0.320 e. The summed E-state index contributed by atoms with van der Waals surface area (Å²) < 4.78 is 14.3. The molecule has 0 aliphatic carbocycles. The molecular weight excluding hydrogens is 658 g/mol. The van der Waals surface area contributed by atoms with Crippen molar-refractivity contribution in [3.63, 3.8) is 0 Å². The monoisotopic (exact) mass is 686 g/mol. The summed E-state index contributed by atoms with van der Waals surface area (Å²) >= 11 is 25.0. The average molecular weight is 688 g/mol. The Kier molecular flexibility index (Phi) is 9.27. The Bertz CT molecular complexity index is 1850. The number of morpholine rings is 1. The van der Waals surface area contributed by atoms with Crippen molar-refractivity contribution in [1.82, 2.24) is 24.8 Å². The molecule has 13 heteroatoms. The fourth-order valence-electron chi connectivity index (χ4n) is 5.30. The van der Waals surface area contributed by atoms with E-state index in [1.54, 1.807) is 16.9 Å². The number of aromatic nitrogens is 5. The van der Waals surface area contributed by atoms with Crippen LogP contribution in [0.3, 0.4) is 0 Å². The van der Waals surface area contributed by atoms with Crippen molar-refractivity contribution in [1.29, 1.82) is 0 Å². The number of fused-ring (bicyclic) bond motifs is 1. The first-order valence-corrected chi connectivity index (χ1v) is 16.0. The van der Waals surface area contributed by atoms with E-state index >= 15 is 0 Å². The summed E-state index contributed by atoms with van der Waals surface area (Å²) in [6.07, 6.45) is 1.80. The van der Waals surface area contributed by atoms with Crippen molar-refractivity contribution in [3.05, 3.63) is 87.1 Å². The summed E-state index contributed by atoms with van der Waals surface area (Å²) in [7, 11) is 0. The number of ether oxygens (including phenoxy) is 2. The molecule has 45 heavy (non-hydrogen) atoms. The third-order valence-electron chi connectivity index (χ3n) is 7.73. The maximum absolute atomic E-state index is 11.7. The lowest BCUT2D eigenvalue weighted by atomic mass is 9.91. The van der Waals surface area contributed by atoms with Gasteiger partial charge >= 0.3 is 5.97 Å². The molecule has 0 saturated carbocycles. The van der Waals surface area contributed by atoms with Crippen molar-refractivity contribution in [2.24, 2.45) is 0 Å². The minimum absolute atomic E-state index is 0.109. The normalized spacial score (nSPS) is 13.9. The zero-order valence-electron chi connectivity index (χ0n) is 24.6. The van der Waals surface area contributed by atoms with E-state index in [1.807, 2.05) is 48.9 Å². The second kappa shape index (κ2) is 13.2. The van der Waals surface area contributed by atoms with E-state index in [2.05, 4.69) is 33.4 Å². The van der Waals surface area contributed by atoms with Gasteiger partial charge in [-0.15, -0.1) is 16.7 Å². The number of benzene rings is 3. The second-order valence-electron chi connectivity index (χ2n) is 11.5. The highest BCUT2D eigenvalue weighted by Gasteiger charge is 2.27. The first-order valence-electron chi connectivity index (χ1n) is 14.3. The van der Waals surface area contributed by atoms with E-state index in [4.69, 9.17) is 61.0 Å². The van der Waals surface area contributed by atoms with Gasteiger partial charge in [-0.2, -0.15) is 9.78 Å². The van der Waals surface area contributed by atoms with Crippen molar-refractivity contribution in [3.8, 4) is 16.9 Å². The molecule has 1 aliphatic heterocycles. The topological polar surface area (TPSA) is 87.3 Å². The standard InChI is InChI=1S/C32H30Cl4N6O3/c1-32(2,19-45-30(43)16-33)29-18-42(39-37-29)31-25-5-3-22(21-4-6-27(26(36)13-21)40-7-9-44-10-8-40)14-28(25)41(38-31)17-20-11-23(34)15-24(35)12-20/h3-6,11-15,18H,7-10,16-17,19H2,1-2H3. The molecular formula is C32H30Cl4N6O3. The Morgan fingerprint density at radius 3 is 2.40 bits per heavy atom. The van der Waals surface area contributed by atoms with Gasteiger partial charge in [-0.1, -0.05) is 66.0 Å². The van der Waals surface area contributed by atoms with Crippen LogP contribution in [0.4, 0.5) is 5.69 Å². The van der Waals surface area contributed by atoms with Gasteiger partial charge in [0.15, 0.2) is 5.82 Å². The molecule has 2 aromatic heterocycles. The van der Waals surface area contributed by atoms with Gasteiger partial charge in [-0.25, -0.2) is 0 Å². The van der Waals surface area contributed by atoms with Crippen LogP contribution in [-0.4, -0.2) is 69.5 Å². The van der Waals surface area contributed by atoms with E-state index in [-0.39, 0.29) is 12.5 Å². The summed E-state index contributed by atoms with van der Waals surface area (Å²) in [5, 5.41) is 16.4. The molecule has 0 spiro atoms. The Balaban J connectivity index is 1.39. The Morgan fingerprint density at radius 2 is 1.69 bits per heavy atom. The first kappa shape index (κ1) is 31.6. The number of nitrogens with zero attached hydrogens (tertiary/aromatic N) is 6. The summed E-state index contributed by atoms with van der Waals surface area (Å²) in [5.74, 6) is -0.107. The van der Waals surface area contributed by atoms with Crippen LogP contribution >= 0.6 is 46.4 Å². The fraction of sp³-hybridized carbons (Fsp3) is 0.312. The zero-order chi connectivity index (χ0) is 31.7. The molecule has 9 nitrogen and oxygen atoms in total. The molecule has 0 unspecified atom stereocenters. The number of hydrogen-bond donors (Lipinski definition) is 0. The summed E-state index contributed by atoms with van der Waals surface area (Å²) in [4.78, 5) is 13.9. The molecule has 0 radical (unpaired) electrons. The molecule has 1 fully saturated rings. The Labute approximate surface area is 280 Å². The van der Waals surface area contributed by atoms with Crippen molar-refractivity contribution in [2.45, 2.75) is 25.8 Å². The molecule has 0 atom stereocenters. The van der Waals surface area contributed by atoms with Crippen LogP contribution in [0.2, 0.25) is 15.1 Å². The van der Waals surface area contributed by atoms with Crippen LogP contribution in [-0.2, 0) is 26.2 Å². The second-order valence-corrected chi connectivity index (χ2v) is 13.0. The van der Waals surface area contributed by atoms with Crippen molar-refractivity contribution in [2.75, 3.05) is 43.7 Å². The van der Waals surface area contributed by atoms with Crippen LogP contribution in [0.1, 0.15) is 25.1 Å². The molecule has 3 aromatic carbocycles.